The third-order valence-corrected chi connectivity index (χ3v) is 4.28. The highest BCUT2D eigenvalue weighted by Gasteiger charge is 2.35. The van der Waals surface area contributed by atoms with E-state index in [9.17, 15) is 14.7 Å². The molecule has 0 fully saturated rings. The van der Waals surface area contributed by atoms with Crippen LogP contribution in [0.2, 0.25) is 0 Å². The monoisotopic (exact) mass is 302 g/mol. The van der Waals surface area contributed by atoms with Crippen molar-refractivity contribution in [3.63, 3.8) is 0 Å². The van der Waals surface area contributed by atoms with Crippen LogP contribution in [-0.4, -0.2) is 28.5 Å². The molecule has 0 spiro atoms. The van der Waals surface area contributed by atoms with Crippen LogP contribution in [0, 0.1) is 0 Å². The highest BCUT2D eigenvalue weighted by molar-refractivity contribution is 7.07. The third-order valence-electron chi connectivity index (χ3n) is 3.65. The summed E-state index contributed by atoms with van der Waals surface area (Å²) in [5, 5.41) is 11.2. The van der Waals surface area contributed by atoms with Gasteiger partial charge in [0.1, 0.15) is 5.92 Å². The number of carbonyl (C=O) groups is 2. The highest BCUT2D eigenvalue weighted by Crippen LogP contribution is 2.36. The number of aliphatic carboxylic acids is 1. The van der Waals surface area contributed by atoms with Crippen LogP contribution in [0.4, 0.5) is 5.69 Å². The molecule has 0 radical (unpaired) electrons. The van der Waals surface area contributed by atoms with Crippen LogP contribution in [0.15, 0.2) is 35.2 Å². The van der Waals surface area contributed by atoms with Gasteiger partial charge in [-0.25, -0.2) is 4.98 Å². The number of benzene rings is 1. The maximum Gasteiger partial charge on any atom is 0.312 e. The van der Waals surface area contributed by atoms with Crippen molar-refractivity contribution in [2.75, 3.05) is 11.4 Å². The van der Waals surface area contributed by atoms with Crippen molar-refractivity contribution in [2.45, 2.75) is 18.8 Å². The second kappa shape index (κ2) is 5.65. The van der Waals surface area contributed by atoms with E-state index in [1.807, 2.05) is 11.4 Å². The smallest absolute Gasteiger partial charge is 0.312 e. The predicted molar refractivity (Wildman–Crippen MR) is 79.6 cm³/mol. The minimum Gasteiger partial charge on any atom is -0.481 e. The summed E-state index contributed by atoms with van der Waals surface area (Å²) < 4.78 is 0. The first-order valence-corrected chi connectivity index (χ1v) is 7.60. The molecule has 108 valence electrons. The standard InChI is InChI=1S/C15H14N2O3S/c18-14(6-5-10-8-21-9-16-10)17-7-12(15(19)20)11-3-1-2-4-13(11)17/h1-4,8-9,12H,5-7H2,(H,19,20). The first-order chi connectivity index (χ1) is 10.2. The number of nitrogens with zero attached hydrogens (tertiary/aromatic N) is 2. The maximum atomic E-state index is 12.4. The molecule has 6 heteroatoms. The van der Waals surface area contributed by atoms with Crippen molar-refractivity contribution in [2.24, 2.45) is 0 Å². The Balaban J connectivity index is 1.76. The van der Waals surface area contributed by atoms with E-state index in [0.717, 1.165) is 5.69 Å². The molecule has 1 aromatic carbocycles. The fourth-order valence-corrected chi connectivity index (χ4v) is 3.18. The summed E-state index contributed by atoms with van der Waals surface area (Å²) in [5.74, 6) is -1.58. The first-order valence-electron chi connectivity index (χ1n) is 6.66. The van der Waals surface area contributed by atoms with Gasteiger partial charge in [0.05, 0.1) is 11.2 Å². The van der Waals surface area contributed by atoms with Crippen molar-refractivity contribution in [1.29, 1.82) is 0 Å². The number of anilines is 1. The van der Waals surface area contributed by atoms with E-state index in [4.69, 9.17) is 0 Å². The normalized spacial score (nSPS) is 16.8. The predicted octanol–water partition coefficient (Wildman–Crippen LogP) is 2.29. The van der Waals surface area contributed by atoms with E-state index in [1.54, 1.807) is 28.6 Å². The number of aryl methyl sites for hydroxylation is 1. The lowest BCUT2D eigenvalue weighted by atomic mass is 10.0. The van der Waals surface area contributed by atoms with E-state index in [1.165, 1.54) is 11.3 Å². The molecule has 0 bridgehead atoms. The zero-order valence-corrected chi connectivity index (χ0v) is 12.0. The molecular weight excluding hydrogens is 288 g/mol. The van der Waals surface area contributed by atoms with Gasteiger partial charge in [0.15, 0.2) is 0 Å². The molecule has 1 N–H and O–H groups in total. The van der Waals surface area contributed by atoms with E-state index in [-0.39, 0.29) is 12.5 Å². The Morgan fingerprint density at radius 2 is 2.19 bits per heavy atom. The fraction of sp³-hybridized carbons (Fsp3) is 0.267. The number of aromatic nitrogens is 1. The minimum absolute atomic E-state index is 0.0563. The summed E-state index contributed by atoms with van der Waals surface area (Å²) in [6.45, 7) is 0.213. The molecule has 1 unspecified atom stereocenters. The molecule has 1 aliphatic rings. The fourth-order valence-electron chi connectivity index (χ4n) is 2.59. The van der Waals surface area contributed by atoms with Crippen LogP contribution < -0.4 is 4.90 Å². The van der Waals surface area contributed by atoms with E-state index in [2.05, 4.69) is 4.98 Å². The summed E-state index contributed by atoms with van der Waals surface area (Å²) in [6, 6.07) is 7.21. The lowest BCUT2D eigenvalue weighted by Crippen LogP contribution is -2.31. The van der Waals surface area contributed by atoms with E-state index >= 15 is 0 Å². The van der Waals surface area contributed by atoms with E-state index < -0.39 is 11.9 Å². The number of rotatable bonds is 4. The summed E-state index contributed by atoms with van der Waals surface area (Å²) >= 11 is 1.50. The number of amides is 1. The van der Waals surface area contributed by atoms with Crippen molar-refractivity contribution in [3.05, 3.63) is 46.4 Å². The zero-order valence-electron chi connectivity index (χ0n) is 11.2. The molecule has 1 amide bonds. The van der Waals surface area contributed by atoms with Gasteiger partial charge in [0.25, 0.3) is 0 Å². The Morgan fingerprint density at radius 1 is 1.38 bits per heavy atom. The molecule has 3 rings (SSSR count). The van der Waals surface area contributed by atoms with Crippen LogP contribution in [0.25, 0.3) is 0 Å². The molecule has 2 aromatic rings. The second-order valence-corrected chi connectivity index (χ2v) is 5.65. The zero-order chi connectivity index (χ0) is 14.8. The Morgan fingerprint density at radius 3 is 2.90 bits per heavy atom. The molecule has 0 saturated heterocycles. The summed E-state index contributed by atoms with van der Waals surface area (Å²) in [4.78, 5) is 29.5. The Kier molecular flexibility index (Phi) is 3.70. The molecule has 21 heavy (non-hydrogen) atoms. The van der Waals surface area contributed by atoms with Crippen molar-refractivity contribution < 1.29 is 14.7 Å². The van der Waals surface area contributed by atoms with E-state index in [0.29, 0.717) is 24.1 Å². The molecule has 1 aromatic heterocycles. The topological polar surface area (TPSA) is 70.5 Å². The lowest BCUT2D eigenvalue weighted by Gasteiger charge is -2.17. The lowest BCUT2D eigenvalue weighted by molar-refractivity contribution is -0.138. The van der Waals surface area contributed by atoms with Gasteiger partial charge in [-0.05, 0) is 18.1 Å². The third kappa shape index (κ3) is 2.67. The number of para-hydroxylation sites is 1. The Labute approximate surface area is 125 Å². The SMILES string of the molecule is O=C(O)C1CN(C(=O)CCc2cscn2)c2ccccc21. The number of carboxylic acids is 1. The molecular formula is C15H14N2O3S. The van der Waals surface area contributed by atoms with Crippen LogP contribution >= 0.6 is 11.3 Å². The number of hydrogen-bond acceptors (Lipinski definition) is 4. The van der Waals surface area contributed by atoms with Gasteiger partial charge in [-0.1, -0.05) is 18.2 Å². The van der Waals surface area contributed by atoms with Crippen LogP contribution in [-0.2, 0) is 16.0 Å². The van der Waals surface area contributed by atoms with Crippen LogP contribution in [0.1, 0.15) is 23.6 Å². The molecule has 2 heterocycles. The quantitative estimate of drug-likeness (QED) is 0.940. The molecule has 0 saturated carbocycles. The van der Waals surface area contributed by atoms with Gasteiger partial charge in [0.2, 0.25) is 5.91 Å². The average molecular weight is 302 g/mol. The number of hydrogen-bond donors (Lipinski definition) is 1. The first kappa shape index (κ1) is 13.8. The second-order valence-electron chi connectivity index (χ2n) is 4.93. The van der Waals surface area contributed by atoms with Gasteiger partial charge in [-0.3, -0.25) is 9.59 Å². The van der Waals surface area contributed by atoms with Gasteiger partial charge in [-0.2, -0.15) is 0 Å². The van der Waals surface area contributed by atoms with Gasteiger partial charge < -0.3 is 10.0 Å². The largest absolute Gasteiger partial charge is 0.481 e. The number of carbonyl (C=O) groups excluding carboxylic acids is 1. The van der Waals surface area contributed by atoms with Gasteiger partial charge in [-0.15, -0.1) is 11.3 Å². The van der Waals surface area contributed by atoms with Crippen molar-refractivity contribution in [1.82, 2.24) is 4.98 Å². The van der Waals surface area contributed by atoms with Gasteiger partial charge in [0, 0.05) is 24.0 Å². The minimum atomic E-state index is -0.891. The highest BCUT2D eigenvalue weighted by atomic mass is 32.1. The summed E-state index contributed by atoms with van der Waals surface area (Å²) in [5.41, 5.74) is 4.07. The van der Waals surface area contributed by atoms with Crippen LogP contribution in [0.5, 0.6) is 0 Å². The van der Waals surface area contributed by atoms with Crippen molar-refractivity contribution >= 4 is 28.9 Å². The number of carboxylic acid groups (broad SMARTS) is 1. The Hall–Kier alpha value is -2.21. The molecule has 1 aliphatic heterocycles. The molecule has 0 aliphatic carbocycles. The Bertz CT molecular complexity index is 669. The average Bonchev–Trinajstić information content (AvgIpc) is 3.12. The van der Waals surface area contributed by atoms with Crippen molar-refractivity contribution in [3.8, 4) is 0 Å². The summed E-state index contributed by atoms with van der Waals surface area (Å²) in [6.07, 6.45) is 0.920. The van der Waals surface area contributed by atoms with Gasteiger partial charge >= 0.3 is 5.97 Å². The number of thiazole rings is 1. The van der Waals surface area contributed by atoms with Crippen LogP contribution in [0.3, 0.4) is 0 Å². The summed E-state index contributed by atoms with van der Waals surface area (Å²) in [7, 11) is 0. The molecule has 1 atom stereocenters. The number of fused-ring (bicyclic) bond motifs is 1. The maximum absolute atomic E-state index is 12.4. The molecule has 5 nitrogen and oxygen atoms in total.